The lowest BCUT2D eigenvalue weighted by Gasteiger charge is -2.11. The highest BCUT2D eigenvalue weighted by Crippen LogP contribution is 2.27. The number of primary amides is 1. The van der Waals surface area contributed by atoms with Crippen molar-refractivity contribution < 1.29 is 18.0 Å². The SMILES string of the molecule is Cc1ccc(C(=O)NC2CC2)cc1-n1nc(S(C)(=O)=O)c(C(N)=O)c1N. The zero-order valence-electron chi connectivity index (χ0n) is 14.3. The van der Waals surface area contributed by atoms with Crippen LogP contribution in [0, 0.1) is 6.92 Å². The summed E-state index contributed by atoms with van der Waals surface area (Å²) in [5.74, 6) is -1.42. The number of rotatable bonds is 5. The highest BCUT2D eigenvalue weighted by Gasteiger charge is 2.28. The second-order valence-electron chi connectivity index (χ2n) is 6.36. The molecule has 0 spiro atoms. The van der Waals surface area contributed by atoms with E-state index in [1.807, 2.05) is 0 Å². The first kappa shape index (κ1) is 17.9. The van der Waals surface area contributed by atoms with Gasteiger partial charge in [0.05, 0.1) is 5.69 Å². The van der Waals surface area contributed by atoms with Gasteiger partial charge in [-0.25, -0.2) is 13.1 Å². The second-order valence-corrected chi connectivity index (χ2v) is 8.29. The maximum Gasteiger partial charge on any atom is 0.255 e. The largest absolute Gasteiger partial charge is 0.383 e. The number of nitrogens with two attached hydrogens (primary N) is 2. The lowest BCUT2D eigenvalue weighted by atomic mass is 10.1. The molecule has 5 N–H and O–H groups in total. The third-order valence-corrected chi connectivity index (χ3v) is 5.09. The summed E-state index contributed by atoms with van der Waals surface area (Å²) >= 11 is 0. The molecule has 0 saturated heterocycles. The molecular weight excluding hydrogens is 358 g/mol. The van der Waals surface area contributed by atoms with E-state index < -0.39 is 20.8 Å². The van der Waals surface area contributed by atoms with E-state index in [4.69, 9.17) is 11.5 Å². The van der Waals surface area contributed by atoms with Gasteiger partial charge in [0.2, 0.25) is 0 Å². The molecule has 138 valence electrons. The van der Waals surface area contributed by atoms with E-state index in [0.717, 1.165) is 23.8 Å². The molecule has 0 aliphatic heterocycles. The minimum atomic E-state index is -3.83. The van der Waals surface area contributed by atoms with Crippen LogP contribution >= 0.6 is 0 Å². The highest BCUT2D eigenvalue weighted by atomic mass is 32.2. The summed E-state index contributed by atoms with van der Waals surface area (Å²) in [4.78, 5) is 24.0. The van der Waals surface area contributed by atoms with Crippen molar-refractivity contribution in [2.75, 3.05) is 12.0 Å². The molecule has 10 heteroatoms. The minimum absolute atomic E-state index is 0.194. The van der Waals surface area contributed by atoms with E-state index in [0.29, 0.717) is 16.8 Å². The maximum atomic E-state index is 12.3. The summed E-state index contributed by atoms with van der Waals surface area (Å²) in [6.07, 6.45) is 2.82. The first-order valence-corrected chi connectivity index (χ1v) is 9.79. The molecular formula is C16H19N5O4S. The third kappa shape index (κ3) is 3.27. The molecule has 1 saturated carbocycles. The van der Waals surface area contributed by atoms with Crippen LogP contribution in [-0.4, -0.2) is 42.3 Å². The van der Waals surface area contributed by atoms with Gasteiger partial charge in [-0.1, -0.05) is 6.07 Å². The van der Waals surface area contributed by atoms with Gasteiger partial charge in [0, 0.05) is 17.9 Å². The summed E-state index contributed by atoms with van der Waals surface area (Å²) in [6, 6.07) is 5.10. The molecule has 26 heavy (non-hydrogen) atoms. The molecule has 1 aromatic heterocycles. The molecule has 1 aliphatic rings. The molecule has 1 fully saturated rings. The number of nitrogen functional groups attached to an aromatic ring is 1. The molecule has 1 aliphatic carbocycles. The molecule has 0 unspecified atom stereocenters. The number of nitrogens with zero attached hydrogens (tertiary/aromatic N) is 2. The van der Waals surface area contributed by atoms with Crippen LogP contribution in [0.4, 0.5) is 5.82 Å². The van der Waals surface area contributed by atoms with Crippen molar-refractivity contribution in [3.05, 3.63) is 34.9 Å². The molecule has 0 bridgehead atoms. The number of hydrogen-bond acceptors (Lipinski definition) is 6. The number of carbonyl (C=O) groups is 2. The average molecular weight is 377 g/mol. The Morgan fingerprint density at radius 2 is 1.96 bits per heavy atom. The Bertz CT molecular complexity index is 1020. The topological polar surface area (TPSA) is 150 Å². The predicted molar refractivity (Wildman–Crippen MR) is 94.8 cm³/mol. The highest BCUT2D eigenvalue weighted by molar-refractivity contribution is 7.90. The number of sulfone groups is 1. The Morgan fingerprint density at radius 3 is 2.46 bits per heavy atom. The van der Waals surface area contributed by atoms with Crippen molar-refractivity contribution in [1.29, 1.82) is 0 Å². The van der Waals surface area contributed by atoms with Crippen molar-refractivity contribution in [1.82, 2.24) is 15.1 Å². The molecule has 2 amide bonds. The minimum Gasteiger partial charge on any atom is -0.383 e. The molecule has 2 aromatic rings. The van der Waals surface area contributed by atoms with Crippen LogP contribution in [0.25, 0.3) is 5.69 Å². The summed E-state index contributed by atoms with van der Waals surface area (Å²) in [7, 11) is -3.83. The smallest absolute Gasteiger partial charge is 0.255 e. The van der Waals surface area contributed by atoms with Crippen molar-refractivity contribution in [2.24, 2.45) is 5.73 Å². The van der Waals surface area contributed by atoms with E-state index in [1.165, 1.54) is 0 Å². The van der Waals surface area contributed by atoms with E-state index in [9.17, 15) is 18.0 Å². The van der Waals surface area contributed by atoms with Gasteiger partial charge in [0.25, 0.3) is 11.8 Å². The summed E-state index contributed by atoms with van der Waals surface area (Å²) in [5.41, 5.74) is 12.3. The van der Waals surface area contributed by atoms with Gasteiger partial charge in [-0.3, -0.25) is 9.59 Å². The van der Waals surface area contributed by atoms with Gasteiger partial charge in [0.15, 0.2) is 14.9 Å². The van der Waals surface area contributed by atoms with Crippen LogP contribution < -0.4 is 16.8 Å². The lowest BCUT2D eigenvalue weighted by Crippen LogP contribution is -2.25. The zero-order valence-corrected chi connectivity index (χ0v) is 15.1. The van der Waals surface area contributed by atoms with Gasteiger partial charge < -0.3 is 16.8 Å². The molecule has 0 radical (unpaired) electrons. The van der Waals surface area contributed by atoms with Crippen LogP contribution in [0.2, 0.25) is 0 Å². The van der Waals surface area contributed by atoms with Gasteiger partial charge in [-0.2, -0.15) is 5.10 Å². The Hall–Kier alpha value is -2.88. The van der Waals surface area contributed by atoms with Crippen molar-refractivity contribution in [2.45, 2.75) is 30.8 Å². The normalized spacial score (nSPS) is 14.2. The van der Waals surface area contributed by atoms with Crippen LogP contribution in [0.15, 0.2) is 23.2 Å². The second kappa shape index (κ2) is 6.13. The van der Waals surface area contributed by atoms with Crippen molar-refractivity contribution in [3.8, 4) is 5.69 Å². The fourth-order valence-electron chi connectivity index (χ4n) is 2.56. The van der Waals surface area contributed by atoms with Gasteiger partial charge in [0.1, 0.15) is 11.4 Å². The monoisotopic (exact) mass is 377 g/mol. The quantitative estimate of drug-likeness (QED) is 0.675. The van der Waals surface area contributed by atoms with Gasteiger partial charge in [-0.05, 0) is 37.5 Å². The molecule has 1 aromatic carbocycles. The van der Waals surface area contributed by atoms with E-state index in [-0.39, 0.29) is 23.3 Å². The number of amides is 2. The fourth-order valence-corrected chi connectivity index (χ4v) is 3.37. The van der Waals surface area contributed by atoms with Crippen molar-refractivity contribution in [3.63, 3.8) is 0 Å². The molecule has 3 rings (SSSR count). The third-order valence-electron chi connectivity index (χ3n) is 4.10. The number of aromatic nitrogens is 2. The number of aryl methyl sites for hydroxylation is 1. The van der Waals surface area contributed by atoms with Crippen LogP contribution in [0.1, 0.15) is 39.1 Å². The van der Waals surface area contributed by atoms with Gasteiger partial charge in [-0.15, -0.1) is 0 Å². The van der Waals surface area contributed by atoms with Crippen molar-refractivity contribution >= 4 is 27.5 Å². The summed E-state index contributed by atoms with van der Waals surface area (Å²) in [5, 5.41) is 6.36. The standard InChI is InChI=1S/C16H19N5O4S/c1-8-3-4-9(15(23)19-10-5-6-10)7-11(8)21-13(17)12(14(18)22)16(20-21)26(2,24)25/h3-4,7,10H,5-6,17H2,1-2H3,(H2,18,22)(H,19,23). The first-order chi connectivity index (χ1) is 12.1. The number of anilines is 1. The van der Waals surface area contributed by atoms with Crippen LogP contribution in [0.5, 0.6) is 0 Å². The predicted octanol–water partition coefficient (Wildman–Crippen LogP) is 0.158. The molecule has 9 nitrogen and oxygen atoms in total. The number of benzene rings is 1. The van der Waals surface area contributed by atoms with E-state index in [1.54, 1.807) is 25.1 Å². The summed E-state index contributed by atoms with van der Waals surface area (Å²) in [6.45, 7) is 1.75. The first-order valence-electron chi connectivity index (χ1n) is 7.90. The average Bonchev–Trinajstić information content (AvgIpc) is 3.27. The Morgan fingerprint density at radius 1 is 1.31 bits per heavy atom. The van der Waals surface area contributed by atoms with E-state index >= 15 is 0 Å². The van der Waals surface area contributed by atoms with E-state index in [2.05, 4.69) is 10.4 Å². The number of hydrogen-bond donors (Lipinski definition) is 3. The molecule has 1 heterocycles. The number of carbonyl (C=O) groups excluding carboxylic acids is 2. The zero-order chi connectivity index (χ0) is 19.2. The molecule has 0 atom stereocenters. The Labute approximate surface area is 150 Å². The van der Waals surface area contributed by atoms with Crippen LogP contribution in [0.3, 0.4) is 0 Å². The Kier molecular flexibility index (Phi) is 4.23. The maximum absolute atomic E-state index is 12.3. The fraction of sp³-hybridized carbons (Fsp3) is 0.312. The number of nitrogens with one attached hydrogen (secondary N) is 1. The lowest BCUT2D eigenvalue weighted by molar-refractivity contribution is 0.0949. The Balaban J connectivity index is 2.14. The van der Waals surface area contributed by atoms with Gasteiger partial charge >= 0.3 is 0 Å². The summed E-state index contributed by atoms with van der Waals surface area (Å²) < 4.78 is 25.0. The van der Waals surface area contributed by atoms with Crippen LogP contribution in [-0.2, 0) is 9.84 Å².